The smallest absolute Gasteiger partial charge is 0.408 e. The number of amides is 12. The maximum Gasteiger partial charge on any atom is 0.408 e. The zero-order valence-corrected chi connectivity index (χ0v) is 59.1. The number of hydrogen-bond donors (Lipinski definition) is 18. The van der Waals surface area contributed by atoms with Crippen LogP contribution >= 0.6 is 0 Å². The Kier molecular flexibility index (Phi) is 34.9. The molecule has 33 heteroatoms. The van der Waals surface area contributed by atoms with Gasteiger partial charge in [-0.3, -0.25) is 62.5 Å². The third-order valence-corrected chi connectivity index (χ3v) is 15.4. The molecule has 0 radical (unpaired) electrons. The van der Waals surface area contributed by atoms with Crippen molar-refractivity contribution in [1.29, 1.82) is 0 Å². The summed E-state index contributed by atoms with van der Waals surface area (Å²) < 4.78 is 5.47. The van der Waals surface area contributed by atoms with Crippen molar-refractivity contribution in [1.82, 2.24) is 58.5 Å². The molecule has 1 saturated heterocycles. The van der Waals surface area contributed by atoms with Gasteiger partial charge in [0.05, 0.1) is 37.3 Å². The third kappa shape index (κ3) is 30.5. The quantitative estimate of drug-likeness (QED) is 0.0273. The minimum atomic E-state index is -2.55. The van der Waals surface area contributed by atoms with Gasteiger partial charge in [-0.2, -0.15) is 0 Å². The fourth-order valence-electron chi connectivity index (χ4n) is 10.1. The predicted octanol–water partition coefficient (Wildman–Crippen LogP) is -3.14. The van der Waals surface area contributed by atoms with Crippen LogP contribution in [-0.4, -0.2) is 207 Å². The van der Waals surface area contributed by atoms with Crippen LogP contribution in [0, 0.1) is 40.4 Å². The molecule has 1 heterocycles. The average molecular weight is 1370 g/mol. The van der Waals surface area contributed by atoms with E-state index < -0.39 is 215 Å². The minimum absolute atomic E-state index is 0.0401. The highest BCUT2D eigenvalue weighted by atomic mass is 16.6. The Hall–Kier alpha value is -7.78. The first kappa shape index (κ1) is 86.2. The van der Waals surface area contributed by atoms with Crippen LogP contribution in [0.2, 0.25) is 0 Å². The molecule has 1 aliphatic heterocycles. The summed E-state index contributed by atoms with van der Waals surface area (Å²) in [6, 6.07) is -17.1. The molecule has 0 aromatic carbocycles. The molecule has 1 aliphatic rings. The highest BCUT2D eigenvalue weighted by molar-refractivity contribution is 6.00. The second-order valence-corrected chi connectivity index (χ2v) is 29.2. The molecule has 1 fully saturated rings. The second-order valence-electron chi connectivity index (χ2n) is 29.2. The molecule has 0 aromatic heterocycles. The van der Waals surface area contributed by atoms with Crippen molar-refractivity contribution < 1.29 is 87.5 Å². The van der Waals surface area contributed by atoms with E-state index in [0.717, 1.165) is 6.92 Å². The summed E-state index contributed by atoms with van der Waals surface area (Å²) >= 11 is 0. The van der Waals surface area contributed by atoms with Crippen molar-refractivity contribution in [3.63, 3.8) is 0 Å². The van der Waals surface area contributed by atoms with Crippen molar-refractivity contribution in [2.24, 2.45) is 62.6 Å². The summed E-state index contributed by atoms with van der Waals surface area (Å²) in [5.41, 5.74) is 14.2. The number of primary amides is 1. The van der Waals surface area contributed by atoms with E-state index in [2.05, 4.69) is 58.2 Å². The number of aliphatic imine (C=N–C) groups is 1. The molecule has 12 amide bonds. The predicted molar refractivity (Wildman–Crippen MR) is 353 cm³/mol. The Balaban J connectivity index is 4.55. The first-order valence-corrected chi connectivity index (χ1v) is 32.6. The SMILES string of the molecule is CC[C@H](C)[C@@H]1NC(=O)[C@@H](CCCN=C(N)N)NC(=O)[C@H](CC(C)C)NC(=O)[C@H]([C@H](O)C(C)C)NC(=O)[C@@H](CC(=O)[C@H](CC(C)(C)C)NC(=O)[C@@H](CC(C)(C)C)NC(=O)OC(C)(C)C)[C@@H](C(C)C)NC(=O)C(CO)NC(=O)C([C@H](O)C(N)=O)NC(=O)CNC(=O)[C@H]([C@H](C)O)NC1=O. The van der Waals surface area contributed by atoms with E-state index in [4.69, 9.17) is 21.9 Å². The summed E-state index contributed by atoms with van der Waals surface area (Å²) in [5, 5.41) is 71.3. The van der Waals surface area contributed by atoms with Gasteiger partial charge in [0, 0.05) is 19.0 Å². The molecule has 548 valence electrons. The van der Waals surface area contributed by atoms with Gasteiger partial charge in [0.1, 0.15) is 53.9 Å². The fraction of sp³-hybridized carbons (Fsp3) is 0.778. The molecule has 33 nitrogen and oxygen atoms in total. The maximum absolute atomic E-state index is 15.5. The number of carbonyl (C=O) groups is 13. The number of rotatable bonds is 23. The molecule has 21 N–H and O–H groups in total. The van der Waals surface area contributed by atoms with Gasteiger partial charge in [-0.25, -0.2) is 4.79 Å². The zero-order chi connectivity index (χ0) is 74.2. The number of ether oxygens (including phenoxy) is 1. The number of aliphatic hydroxyl groups excluding tert-OH is 4. The highest BCUT2D eigenvalue weighted by Gasteiger charge is 2.44. The number of nitrogens with zero attached hydrogens (tertiary/aromatic N) is 1. The summed E-state index contributed by atoms with van der Waals surface area (Å²) in [4.78, 5) is 189. The fourth-order valence-corrected chi connectivity index (χ4v) is 10.1. The summed E-state index contributed by atoms with van der Waals surface area (Å²) in [6.07, 6.45) is -7.93. The second kappa shape index (κ2) is 38.8. The number of nitrogens with one attached hydrogen (secondary N) is 11. The van der Waals surface area contributed by atoms with Crippen molar-refractivity contribution >= 4 is 82.8 Å². The van der Waals surface area contributed by atoms with Gasteiger partial charge in [0.15, 0.2) is 17.8 Å². The van der Waals surface area contributed by atoms with E-state index in [1.807, 2.05) is 26.1 Å². The van der Waals surface area contributed by atoms with Gasteiger partial charge in [-0.1, -0.05) is 103 Å². The number of alkyl carbamates (subject to hydrolysis) is 1. The molecule has 96 heavy (non-hydrogen) atoms. The van der Waals surface area contributed by atoms with Crippen LogP contribution in [0.4, 0.5) is 4.79 Å². The number of Topliss-reactive ketones (excluding diaryl/α,β-unsaturated/α-hetero) is 1. The lowest BCUT2D eigenvalue weighted by molar-refractivity contribution is -0.141. The summed E-state index contributed by atoms with van der Waals surface area (Å²) in [5.74, 6) is -18.8. The first-order valence-electron chi connectivity index (χ1n) is 32.6. The molecule has 0 spiro atoms. The van der Waals surface area contributed by atoms with Crippen molar-refractivity contribution in [3.8, 4) is 0 Å². The van der Waals surface area contributed by atoms with Crippen molar-refractivity contribution in [2.75, 3.05) is 19.7 Å². The maximum atomic E-state index is 15.5. The van der Waals surface area contributed by atoms with E-state index in [1.54, 1.807) is 69.2 Å². The lowest BCUT2D eigenvalue weighted by Gasteiger charge is -2.35. The highest BCUT2D eigenvalue weighted by Crippen LogP contribution is 2.27. The molecule has 0 aromatic rings. The molecular weight excluding hydrogens is 1250 g/mol. The molecule has 15 atom stereocenters. The first-order chi connectivity index (χ1) is 44.0. The van der Waals surface area contributed by atoms with E-state index in [-0.39, 0.29) is 56.9 Å². The lowest BCUT2D eigenvalue weighted by Crippen LogP contribution is -2.64. The topological polar surface area (TPSA) is 535 Å². The van der Waals surface area contributed by atoms with E-state index in [1.165, 1.54) is 27.7 Å². The Morgan fingerprint density at radius 2 is 1.10 bits per heavy atom. The molecule has 2 unspecified atom stereocenters. The van der Waals surface area contributed by atoms with Crippen LogP contribution < -0.4 is 75.7 Å². The number of ketones is 1. The van der Waals surface area contributed by atoms with Gasteiger partial charge in [0.25, 0.3) is 0 Å². The number of hydrogen-bond acceptors (Lipinski definition) is 19. The Morgan fingerprint density at radius 3 is 1.59 bits per heavy atom. The van der Waals surface area contributed by atoms with Gasteiger partial charge in [-0.05, 0) is 94.3 Å². The largest absolute Gasteiger partial charge is 0.444 e. The summed E-state index contributed by atoms with van der Waals surface area (Å²) in [7, 11) is 0. The third-order valence-electron chi connectivity index (χ3n) is 15.4. The molecular formula is C63H113N15O18. The molecule has 1 rings (SSSR count). The molecule has 0 bridgehead atoms. The Morgan fingerprint density at radius 1 is 0.604 bits per heavy atom. The minimum Gasteiger partial charge on any atom is -0.444 e. The molecule has 0 saturated carbocycles. The van der Waals surface area contributed by atoms with Crippen molar-refractivity contribution in [3.05, 3.63) is 0 Å². The van der Waals surface area contributed by atoms with Gasteiger partial charge in [-0.15, -0.1) is 0 Å². The zero-order valence-electron chi connectivity index (χ0n) is 59.1. The van der Waals surface area contributed by atoms with E-state index >= 15 is 9.59 Å². The van der Waals surface area contributed by atoms with Crippen LogP contribution in [0.5, 0.6) is 0 Å². The average Bonchev–Trinajstić information content (AvgIpc) is 1.00. The summed E-state index contributed by atoms with van der Waals surface area (Å²) in [6.45, 7) is 27.0. The number of nitrogens with two attached hydrogens (primary N) is 3. The molecule has 0 aliphatic carbocycles. The Bertz CT molecular complexity index is 2720. The number of guanidine groups is 1. The van der Waals surface area contributed by atoms with Gasteiger partial charge >= 0.3 is 6.09 Å². The standard InChI is InChI=1S/C63H113N15O18/c1-19-32(8)43-56(92)77-44(33(9)80)55(91)68-27-41(82)74-46(48(84)49(64)85)58(94)72-39(28-79)54(90)75-42(30(4)5)34(24-40(81)37(25-61(10,11)12)71-53(89)38(26-62(13,14)15)73-60(95)96-63(16,17)18)50(86)78-45(47(83)31(6)7)57(93)70-36(23-29(2)3)52(88)69-35(51(87)76-43)21-20-22-67-59(65)66/h29-39,42-48,79-80,83-84H,19-28H2,1-18H3,(H2,64,85)(H,68,91)(H,69,88)(H,70,93)(H,71,89)(H,72,94)(H,73,95)(H,74,82)(H,75,90)(H,76,87)(H,77,92)(H,78,86)(H4,65,66,67)/t32-,33-,34-,35+,36-,37-,38+,39?,42+,43-,44-,45-,46?,47+,48-/m0/s1. The lowest BCUT2D eigenvalue weighted by atomic mass is 9.80. The van der Waals surface area contributed by atoms with E-state index in [9.17, 15) is 73.2 Å². The monoisotopic (exact) mass is 1370 g/mol. The number of carbonyl (C=O) groups excluding carboxylic acids is 13. The van der Waals surface area contributed by atoms with Gasteiger partial charge < -0.3 is 101 Å². The van der Waals surface area contributed by atoms with Crippen LogP contribution in [0.15, 0.2) is 4.99 Å². The Labute approximate surface area is 563 Å². The van der Waals surface area contributed by atoms with Crippen LogP contribution in [0.25, 0.3) is 0 Å². The van der Waals surface area contributed by atoms with E-state index in [0.29, 0.717) is 0 Å². The normalized spacial score (nSPS) is 24.4. The van der Waals surface area contributed by atoms with Crippen LogP contribution in [0.1, 0.15) is 170 Å². The van der Waals surface area contributed by atoms with Crippen LogP contribution in [-0.2, 0) is 62.3 Å². The number of aliphatic hydroxyl groups is 4. The van der Waals surface area contributed by atoms with Crippen LogP contribution in [0.3, 0.4) is 0 Å². The van der Waals surface area contributed by atoms with Gasteiger partial charge in [0.2, 0.25) is 65.0 Å². The van der Waals surface area contributed by atoms with Crippen molar-refractivity contribution in [2.45, 2.75) is 254 Å².